The molecule has 4 rings (SSSR count). The van der Waals surface area contributed by atoms with Crippen LogP contribution in [0.2, 0.25) is 0 Å². The Morgan fingerprint density at radius 3 is 2.62 bits per heavy atom. The standard InChI is InChI=1S/C20H22N4O2/c1-13-7-9-14(10-8-13)16-11-17(24-20(23-16)21-12-22-24)15-5-4-6-18(25-2)19(15)26-3/h4-10,12,16-17H,11H2,1-3H3,(H,21,22,23). The highest BCUT2D eigenvalue weighted by Gasteiger charge is 2.32. The lowest BCUT2D eigenvalue weighted by Gasteiger charge is -2.32. The molecule has 1 aromatic heterocycles. The first kappa shape index (κ1) is 16.4. The van der Waals surface area contributed by atoms with E-state index in [1.165, 1.54) is 11.1 Å². The Kier molecular flexibility index (Phi) is 4.24. The van der Waals surface area contributed by atoms with Crippen LogP contribution in [-0.4, -0.2) is 29.0 Å². The number of aromatic nitrogens is 3. The predicted octanol–water partition coefficient (Wildman–Crippen LogP) is 3.75. The normalized spacial score (nSPS) is 18.7. The maximum absolute atomic E-state index is 5.66. The van der Waals surface area contributed by atoms with Gasteiger partial charge in [0.05, 0.1) is 26.3 Å². The van der Waals surface area contributed by atoms with Gasteiger partial charge in [-0.3, -0.25) is 0 Å². The second-order valence-electron chi connectivity index (χ2n) is 6.47. The van der Waals surface area contributed by atoms with E-state index in [-0.39, 0.29) is 12.1 Å². The smallest absolute Gasteiger partial charge is 0.222 e. The van der Waals surface area contributed by atoms with E-state index < -0.39 is 0 Å². The Bertz CT molecular complexity index is 904. The number of fused-ring (bicyclic) bond motifs is 1. The number of nitrogens with zero attached hydrogens (tertiary/aromatic N) is 3. The largest absolute Gasteiger partial charge is 0.493 e. The van der Waals surface area contributed by atoms with Crippen molar-refractivity contribution in [3.8, 4) is 11.5 Å². The summed E-state index contributed by atoms with van der Waals surface area (Å²) in [7, 11) is 3.32. The fourth-order valence-electron chi connectivity index (χ4n) is 3.57. The first-order chi connectivity index (χ1) is 12.7. The number of para-hydroxylation sites is 1. The van der Waals surface area contributed by atoms with Crippen molar-refractivity contribution in [2.45, 2.75) is 25.4 Å². The van der Waals surface area contributed by atoms with Gasteiger partial charge in [0, 0.05) is 5.56 Å². The van der Waals surface area contributed by atoms with Crippen molar-refractivity contribution in [1.82, 2.24) is 14.8 Å². The predicted molar refractivity (Wildman–Crippen MR) is 99.9 cm³/mol. The van der Waals surface area contributed by atoms with E-state index in [1.54, 1.807) is 20.5 Å². The summed E-state index contributed by atoms with van der Waals surface area (Å²) in [5.74, 6) is 2.22. The molecular weight excluding hydrogens is 328 g/mol. The van der Waals surface area contributed by atoms with Crippen LogP contribution in [0.1, 0.15) is 35.2 Å². The average Bonchev–Trinajstić information content (AvgIpc) is 3.15. The highest BCUT2D eigenvalue weighted by Crippen LogP contribution is 2.43. The molecule has 0 saturated carbocycles. The molecule has 26 heavy (non-hydrogen) atoms. The van der Waals surface area contributed by atoms with E-state index in [2.05, 4.69) is 52.7 Å². The highest BCUT2D eigenvalue weighted by atomic mass is 16.5. The molecule has 2 heterocycles. The molecule has 0 saturated heterocycles. The van der Waals surface area contributed by atoms with Gasteiger partial charge in [0.25, 0.3) is 0 Å². The molecule has 6 nitrogen and oxygen atoms in total. The first-order valence-corrected chi connectivity index (χ1v) is 8.64. The van der Waals surface area contributed by atoms with Gasteiger partial charge < -0.3 is 14.8 Å². The average molecular weight is 350 g/mol. The fourth-order valence-corrected chi connectivity index (χ4v) is 3.57. The van der Waals surface area contributed by atoms with Crippen LogP contribution >= 0.6 is 0 Å². The van der Waals surface area contributed by atoms with Gasteiger partial charge in [-0.1, -0.05) is 42.0 Å². The van der Waals surface area contributed by atoms with Crippen molar-refractivity contribution in [2.75, 3.05) is 19.5 Å². The van der Waals surface area contributed by atoms with E-state index in [0.717, 1.165) is 29.4 Å². The van der Waals surface area contributed by atoms with Gasteiger partial charge in [0.15, 0.2) is 11.5 Å². The second-order valence-corrected chi connectivity index (χ2v) is 6.47. The van der Waals surface area contributed by atoms with E-state index >= 15 is 0 Å². The van der Waals surface area contributed by atoms with Crippen molar-refractivity contribution in [3.05, 3.63) is 65.5 Å². The molecule has 6 heteroatoms. The van der Waals surface area contributed by atoms with Gasteiger partial charge in [-0.15, -0.1) is 0 Å². The molecule has 3 aromatic rings. The molecule has 2 aromatic carbocycles. The fraction of sp³-hybridized carbons (Fsp3) is 0.300. The molecule has 0 aliphatic carbocycles. The Hall–Kier alpha value is -3.02. The zero-order chi connectivity index (χ0) is 18.1. The van der Waals surface area contributed by atoms with E-state index in [0.29, 0.717) is 0 Å². The SMILES string of the molecule is COc1cccc(C2CC(c3ccc(C)cc3)Nc3ncnn32)c1OC. The number of hydrogen-bond acceptors (Lipinski definition) is 5. The zero-order valence-corrected chi connectivity index (χ0v) is 15.1. The summed E-state index contributed by atoms with van der Waals surface area (Å²) in [6.07, 6.45) is 2.42. The van der Waals surface area contributed by atoms with Gasteiger partial charge in [0.2, 0.25) is 5.95 Å². The Labute approximate surface area is 152 Å². The van der Waals surface area contributed by atoms with Crippen molar-refractivity contribution in [1.29, 1.82) is 0 Å². The lowest BCUT2D eigenvalue weighted by molar-refractivity contribution is 0.340. The highest BCUT2D eigenvalue weighted by molar-refractivity contribution is 5.50. The summed E-state index contributed by atoms with van der Waals surface area (Å²) in [4.78, 5) is 4.39. The summed E-state index contributed by atoms with van der Waals surface area (Å²) in [6.45, 7) is 2.10. The van der Waals surface area contributed by atoms with Crippen molar-refractivity contribution in [2.24, 2.45) is 0 Å². The van der Waals surface area contributed by atoms with Crippen LogP contribution in [0.4, 0.5) is 5.95 Å². The minimum atomic E-state index is 0.00473. The summed E-state index contributed by atoms with van der Waals surface area (Å²) < 4.78 is 13.1. The minimum Gasteiger partial charge on any atom is -0.493 e. The minimum absolute atomic E-state index is 0.00473. The van der Waals surface area contributed by atoms with E-state index in [1.807, 2.05) is 16.8 Å². The number of nitrogens with one attached hydrogen (secondary N) is 1. The summed E-state index contributed by atoms with van der Waals surface area (Å²) in [5, 5.41) is 7.93. The van der Waals surface area contributed by atoms with E-state index in [9.17, 15) is 0 Å². The van der Waals surface area contributed by atoms with Gasteiger partial charge in [-0.05, 0) is 25.0 Å². The van der Waals surface area contributed by atoms with Gasteiger partial charge in [0.1, 0.15) is 6.33 Å². The molecule has 0 fully saturated rings. The zero-order valence-electron chi connectivity index (χ0n) is 15.1. The number of aryl methyl sites for hydroxylation is 1. The molecule has 1 N–H and O–H groups in total. The van der Waals surface area contributed by atoms with Crippen LogP contribution in [0.3, 0.4) is 0 Å². The Balaban J connectivity index is 1.78. The molecule has 0 amide bonds. The van der Waals surface area contributed by atoms with E-state index in [4.69, 9.17) is 9.47 Å². The number of benzene rings is 2. The molecule has 1 aliphatic rings. The van der Waals surface area contributed by atoms with Crippen LogP contribution in [0.15, 0.2) is 48.8 Å². The number of ether oxygens (including phenoxy) is 2. The number of methoxy groups -OCH3 is 2. The van der Waals surface area contributed by atoms with Crippen molar-refractivity contribution >= 4 is 5.95 Å². The molecule has 134 valence electrons. The molecule has 2 unspecified atom stereocenters. The number of anilines is 1. The molecule has 0 radical (unpaired) electrons. The Morgan fingerprint density at radius 2 is 1.88 bits per heavy atom. The topological polar surface area (TPSA) is 61.2 Å². The molecule has 0 bridgehead atoms. The third-order valence-corrected chi connectivity index (χ3v) is 4.90. The van der Waals surface area contributed by atoms with Crippen molar-refractivity contribution < 1.29 is 9.47 Å². The lowest BCUT2D eigenvalue weighted by Crippen LogP contribution is -2.28. The Morgan fingerprint density at radius 1 is 1.08 bits per heavy atom. The first-order valence-electron chi connectivity index (χ1n) is 8.64. The lowest BCUT2D eigenvalue weighted by atomic mass is 9.92. The van der Waals surface area contributed by atoms with Gasteiger partial charge in [-0.2, -0.15) is 10.1 Å². The molecule has 1 aliphatic heterocycles. The molecule has 0 spiro atoms. The number of rotatable bonds is 4. The van der Waals surface area contributed by atoms with Gasteiger partial charge in [-0.25, -0.2) is 4.68 Å². The number of hydrogen-bond donors (Lipinski definition) is 1. The van der Waals surface area contributed by atoms with Crippen LogP contribution < -0.4 is 14.8 Å². The maximum atomic E-state index is 5.66. The second kappa shape index (κ2) is 6.71. The van der Waals surface area contributed by atoms with Crippen LogP contribution in [0, 0.1) is 6.92 Å². The van der Waals surface area contributed by atoms with Crippen LogP contribution in [-0.2, 0) is 0 Å². The third-order valence-electron chi connectivity index (χ3n) is 4.90. The quantitative estimate of drug-likeness (QED) is 0.776. The summed E-state index contributed by atoms with van der Waals surface area (Å²) in [6, 6.07) is 14.7. The summed E-state index contributed by atoms with van der Waals surface area (Å²) >= 11 is 0. The van der Waals surface area contributed by atoms with Crippen LogP contribution in [0.25, 0.3) is 0 Å². The monoisotopic (exact) mass is 350 g/mol. The molecule has 2 atom stereocenters. The van der Waals surface area contributed by atoms with Gasteiger partial charge >= 0.3 is 0 Å². The summed E-state index contributed by atoms with van der Waals surface area (Å²) in [5.41, 5.74) is 3.52. The van der Waals surface area contributed by atoms with Crippen molar-refractivity contribution in [3.63, 3.8) is 0 Å². The maximum Gasteiger partial charge on any atom is 0.222 e. The van der Waals surface area contributed by atoms with Crippen LogP contribution in [0.5, 0.6) is 11.5 Å². The molecular formula is C20H22N4O2. The third kappa shape index (κ3) is 2.77.